The minimum absolute atomic E-state index is 0.0858. The molecule has 24 heavy (non-hydrogen) atoms. The van der Waals surface area contributed by atoms with Gasteiger partial charge in [-0.3, -0.25) is 4.57 Å². The summed E-state index contributed by atoms with van der Waals surface area (Å²) in [6.45, 7) is 14.1. The van der Waals surface area contributed by atoms with Crippen LogP contribution in [0.4, 0.5) is 5.82 Å². The molecule has 2 N–H and O–H groups in total. The summed E-state index contributed by atoms with van der Waals surface area (Å²) in [5.41, 5.74) is 7.18. The molecule has 7 nitrogen and oxygen atoms in total. The molecule has 1 aliphatic heterocycles. The van der Waals surface area contributed by atoms with Gasteiger partial charge in [-0.25, -0.2) is 15.0 Å². The molecule has 3 rings (SSSR count). The van der Waals surface area contributed by atoms with E-state index >= 15 is 0 Å². The van der Waals surface area contributed by atoms with Crippen molar-refractivity contribution in [3.63, 3.8) is 0 Å². The van der Waals surface area contributed by atoms with Crippen LogP contribution in [-0.2, 0) is 9.16 Å². The Morgan fingerprint density at radius 1 is 1.29 bits per heavy atom. The molecule has 1 saturated heterocycles. The maximum Gasteiger partial charge on any atom is 0.192 e. The molecule has 2 aromatic rings. The Kier molecular flexibility index (Phi) is 4.17. The van der Waals surface area contributed by atoms with Gasteiger partial charge in [0.15, 0.2) is 19.8 Å². The SMILES string of the molecule is C[C@H]1[C@H](n2cnc3c(N)ncnc32)O[C@@H]1CO[Si](C)(C)C(C)(C)C. The molecule has 2 aromatic heterocycles. The average molecular weight is 350 g/mol. The number of anilines is 1. The van der Waals surface area contributed by atoms with Crippen molar-refractivity contribution >= 4 is 25.3 Å². The van der Waals surface area contributed by atoms with Gasteiger partial charge >= 0.3 is 0 Å². The highest BCUT2D eigenvalue weighted by molar-refractivity contribution is 6.74. The second kappa shape index (κ2) is 5.78. The lowest BCUT2D eigenvalue weighted by Crippen LogP contribution is -2.50. The lowest BCUT2D eigenvalue weighted by atomic mass is 9.97. The first kappa shape index (κ1) is 17.3. The van der Waals surface area contributed by atoms with Gasteiger partial charge in [-0.2, -0.15) is 0 Å². The molecule has 0 radical (unpaired) electrons. The van der Waals surface area contributed by atoms with E-state index in [1.807, 2.05) is 4.57 Å². The van der Waals surface area contributed by atoms with E-state index in [0.717, 1.165) is 0 Å². The molecule has 8 heteroatoms. The molecule has 0 bridgehead atoms. The molecule has 0 unspecified atom stereocenters. The van der Waals surface area contributed by atoms with Crippen LogP contribution in [0.15, 0.2) is 12.7 Å². The molecule has 0 amide bonds. The van der Waals surface area contributed by atoms with Crippen LogP contribution in [0, 0.1) is 5.92 Å². The van der Waals surface area contributed by atoms with E-state index in [1.165, 1.54) is 6.33 Å². The fraction of sp³-hybridized carbons (Fsp3) is 0.688. The van der Waals surface area contributed by atoms with Crippen molar-refractivity contribution in [1.82, 2.24) is 19.5 Å². The van der Waals surface area contributed by atoms with E-state index < -0.39 is 8.32 Å². The van der Waals surface area contributed by atoms with E-state index in [9.17, 15) is 0 Å². The Balaban J connectivity index is 1.67. The van der Waals surface area contributed by atoms with Crippen molar-refractivity contribution < 1.29 is 9.16 Å². The molecule has 0 aromatic carbocycles. The molecular formula is C16H27N5O2Si. The standard InChI is InChI=1S/C16H27N5O2Si/c1-10-11(7-22-24(5,6)16(2,3)4)23-15(10)21-9-20-12-13(17)18-8-19-14(12)21/h8-11,15H,7H2,1-6H3,(H2,17,18,19)/t10-,11-,15-/m1/s1. The predicted octanol–water partition coefficient (Wildman–Crippen LogP) is 2.96. The zero-order valence-electron chi connectivity index (χ0n) is 15.3. The predicted molar refractivity (Wildman–Crippen MR) is 96.0 cm³/mol. The maximum absolute atomic E-state index is 6.28. The van der Waals surface area contributed by atoms with E-state index in [1.54, 1.807) is 6.33 Å². The molecule has 3 atom stereocenters. The smallest absolute Gasteiger partial charge is 0.192 e. The van der Waals surface area contributed by atoms with Crippen LogP contribution in [0.5, 0.6) is 0 Å². The van der Waals surface area contributed by atoms with Crippen molar-refractivity contribution in [2.45, 2.75) is 58.2 Å². The summed E-state index contributed by atoms with van der Waals surface area (Å²) in [7, 11) is -1.76. The van der Waals surface area contributed by atoms with Gasteiger partial charge in [0.25, 0.3) is 0 Å². The molecule has 0 aliphatic carbocycles. The van der Waals surface area contributed by atoms with Crippen molar-refractivity contribution in [2.75, 3.05) is 12.3 Å². The Hall–Kier alpha value is -1.51. The van der Waals surface area contributed by atoms with Gasteiger partial charge < -0.3 is 14.9 Å². The quantitative estimate of drug-likeness (QED) is 0.854. The second-order valence-corrected chi connectivity index (χ2v) is 12.9. The van der Waals surface area contributed by atoms with Gasteiger partial charge in [0.2, 0.25) is 0 Å². The number of imidazole rings is 1. The van der Waals surface area contributed by atoms with Crippen molar-refractivity contribution in [1.29, 1.82) is 0 Å². The lowest BCUT2D eigenvalue weighted by Gasteiger charge is -2.45. The highest BCUT2D eigenvalue weighted by Crippen LogP contribution is 2.41. The Morgan fingerprint density at radius 2 is 2.00 bits per heavy atom. The number of aromatic nitrogens is 4. The fourth-order valence-electron chi connectivity index (χ4n) is 2.59. The number of ether oxygens (including phenoxy) is 1. The summed E-state index contributed by atoms with van der Waals surface area (Å²) in [4.78, 5) is 12.6. The van der Waals surface area contributed by atoms with Gasteiger partial charge in [0, 0.05) is 5.92 Å². The van der Waals surface area contributed by atoms with Crippen molar-refractivity contribution in [3.05, 3.63) is 12.7 Å². The first-order valence-electron chi connectivity index (χ1n) is 8.34. The summed E-state index contributed by atoms with van der Waals surface area (Å²) < 4.78 is 14.3. The summed E-state index contributed by atoms with van der Waals surface area (Å²) >= 11 is 0. The Bertz CT molecular complexity index is 740. The zero-order chi connectivity index (χ0) is 17.7. The van der Waals surface area contributed by atoms with E-state index in [2.05, 4.69) is 55.7 Å². The largest absolute Gasteiger partial charge is 0.414 e. The van der Waals surface area contributed by atoms with Crippen molar-refractivity contribution in [3.8, 4) is 0 Å². The van der Waals surface area contributed by atoms with Gasteiger partial charge in [0.1, 0.15) is 18.1 Å². The minimum Gasteiger partial charge on any atom is -0.414 e. The van der Waals surface area contributed by atoms with Gasteiger partial charge in [-0.1, -0.05) is 27.7 Å². The van der Waals surface area contributed by atoms with Crippen LogP contribution >= 0.6 is 0 Å². The third-order valence-electron chi connectivity index (χ3n) is 5.43. The highest BCUT2D eigenvalue weighted by Gasteiger charge is 2.44. The number of hydrogen-bond acceptors (Lipinski definition) is 6. The first-order chi connectivity index (χ1) is 11.1. The third-order valence-corrected chi connectivity index (χ3v) is 9.93. The first-order valence-corrected chi connectivity index (χ1v) is 11.2. The summed E-state index contributed by atoms with van der Waals surface area (Å²) in [6, 6.07) is 0. The van der Waals surface area contributed by atoms with E-state index in [0.29, 0.717) is 29.5 Å². The molecule has 132 valence electrons. The Labute approximate surface area is 143 Å². The lowest BCUT2D eigenvalue weighted by molar-refractivity contribution is -0.225. The minimum atomic E-state index is -1.76. The van der Waals surface area contributed by atoms with Gasteiger partial charge in [-0.15, -0.1) is 0 Å². The van der Waals surface area contributed by atoms with Gasteiger partial charge in [0.05, 0.1) is 19.0 Å². The number of nitrogens with two attached hydrogens (primary N) is 1. The molecule has 1 aliphatic rings. The number of fused-ring (bicyclic) bond motifs is 1. The monoisotopic (exact) mass is 349 g/mol. The topological polar surface area (TPSA) is 88.1 Å². The van der Waals surface area contributed by atoms with Crippen molar-refractivity contribution in [2.24, 2.45) is 5.92 Å². The number of rotatable bonds is 4. The summed E-state index contributed by atoms with van der Waals surface area (Å²) in [5, 5.41) is 0.203. The van der Waals surface area contributed by atoms with E-state index in [4.69, 9.17) is 14.9 Å². The van der Waals surface area contributed by atoms with Crippen LogP contribution in [0.3, 0.4) is 0 Å². The number of hydrogen-bond donors (Lipinski definition) is 1. The normalized spacial score (nSPS) is 25.0. The molecule has 0 saturated carbocycles. The number of nitrogens with zero attached hydrogens (tertiary/aromatic N) is 4. The van der Waals surface area contributed by atoms with Crippen LogP contribution in [0.1, 0.15) is 33.9 Å². The Morgan fingerprint density at radius 3 is 2.62 bits per heavy atom. The van der Waals surface area contributed by atoms with Gasteiger partial charge in [-0.05, 0) is 18.1 Å². The van der Waals surface area contributed by atoms with Crippen LogP contribution < -0.4 is 5.73 Å². The molecule has 1 fully saturated rings. The summed E-state index contributed by atoms with van der Waals surface area (Å²) in [6.07, 6.45) is 3.19. The molecule has 3 heterocycles. The third kappa shape index (κ3) is 2.82. The molecular weight excluding hydrogens is 322 g/mol. The fourth-order valence-corrected chi connectivity index (χ4v) is 3.61. The van der Waals surface area contributed by atoms with Crippen LogP contribution in [0.25, 0.3) is 11.2 Å². The maximum atomic E-state index is 6.28. The highest BCUT2D eigenvalue weighted by atomic mass is 28.4. The summed E-state index contributed by atoms with van der Waals surface area (Å²) in [5.74, 6) is 0.715. The molecule has 0 spiro atoms. The van der Waals surface area contributed by atoms with Crippen LogP contribution in [0.2, 0.25) is 18.1 Å². The van der Waals surface area contributed by atoms with Crippen LogP contribution in [-0.4, -0.2) is 40.5 Å². The van der Waals surface area contributed by atoms with E-state index in [-0.39, 0.29) is 17.4 Å². The number of nitrogen functional groups attached to an aromatic ring is 1. The second-order valence-electron chi connectivity index (χ2n) is 8.08. The average Bonchev–Trinajstić information content (AvgIpc) is 2.89. The zero-order valence-corrected chi connectivity index (χ0v) is 16.3.